The van der Waals surface area contributed by atoms with Crippen LogP contribution in [0, 0.1) is 10.1 Å². The topological polar surface area (TPSA) is 86.7 Å². The van der Waals surface area contributed by atoms with E-state index in [0.717, 1.165) is 6.20 Å². The van der Waals surface area contributed by atoms with Crippen molar-refractivity contribution in [2.75, 3.05) is 0 Å². The molecule has 0 saturated carbocycles. The minimum atomic E-state index is -0.500. The molecule has 0 atom stereocenters. The summed E-state index contributed by atoms with van der Waals surface area (Å²) in [6.45, 7) is 0.553. The summed E-state index contributed by atoms with van der Waals surface area (Å²) in [5, 5.41) is 20.2. The fraction of sp³-hybridized carbons (Fsp3) is 0.400. The lowest BCUT2D eigenvalue weighted by atomic mass is 10.4. The van der Waals surface area contributed by atoms with Crippen LogP contribution in [0.5, 0.6) is 0 Å². The Kier molecular flexibility index (Phi) is 2.88. The zero-order chi connectivity index (χ0) is 8.81. The van der Waals surface area contributed by atoms with Crippen LogP contribution in [0.1, 0.15) is 6.42 Å². The molecule has 7 nitrogen and oxygen atoms in total. The highest BCUT2D eigenvalue weighted by atomic mass is 16.6. The van der Waals surface area contributed by atoms with E-state index in [9.17, 15) is 10.1 Å². The first-order chi connectivity index (χ1) is 5.79. The molecule has 1 aromatic heterocycles. The van der Waals surface area contributed by atoms with Crippen LogP contribution in [0.25, 0.3) is 0 Å². The molecule has 0 aromatic carbocycles. The Morgan fingerprint density at radius 1 is 1.67 bits per heavy atom. The Bertz CT molecular complexity index is 267. The third-order valence-corrected chi connectivity index (χ3v) is 1.14. The summed E-state index contributed by atoms with van der Waals surface area (Å²) in [7, 11) is 0. The minimum Gasteiger partial charge on any atom is -0.259 e. The van der Waals surface area contributed by atoms with Gasteiger partial charge in [-0.1, -0.05) is 0 Å². The highest BCUT2D eigenvalue weighted by Gasteiger charge is 1.90. The third-order valence-electron chi connectivity index (χ3n) is 1.14. The Hall–Kier alpha value is -1.79. The number of tetrazole rings is 1. The third kappa shape index (κ3) is 2.86. The molecule has 0 aliphatic heterocycles. The summed E-state index contributed by atoms with van der Waals surface area (Å²) in [5.41, 5.74) is 0. The van der Waals surface area contributed by atoms with E-state index in [2.05, 4.69) is 15.5 Å². The van der Waals surface area contributed by atoms with E-state index < -0.39 is 4.92 Å². The molecule has 0 saturated heterocycles. The summed E-state index contributed by atoms with van der Waals surface area (Å²) in [4.78, 5) is 9.33. The van der Waals surface area contributed by atoms with Crippen LogP contribution >= 0.6 is 0 Å². The van der Waals surface area contributed by atoms with E-state index in [4.69, 9.17) is 0 Å². The molecular weight excluding hydrogens is 162 g/mol. The Morgan fingerprint density at radius 3 is 3.08 bits per heavy atom. The molecule has 1 aromatic rings. The lowest BCUT2D eigenvalue weighted by molar-refractivity contribution is -0.402. The van der Waals surface area contributed by atoms with Crippen molar-refractivity contribution >= 4 is 0 Å². The molecule has 1 rings (SSSR count). The summed E-state index contributed by atoms with van der Waals surface area (Å²) in [6, 6.07) is 0. The number of nitro groups is 1. The molecule has 0 aliphatic carbocycles. The van der Waals surface area contributed by atoms with Crippen molar-refractivity contribution in [2.24, 2.45) is 0 Å². The van der Waals surface area contributed by atoms with Gasteiger partial charge in [0.15, 0.2) is 0 Å². The maximum Gasteiger partial charge on any atom is 0.230 e. The van der Waals surface area contributed by atoms with Crippen molar-refractivity contribution < 1.29 is 4.92 Å². The SMILES string of the molecule is O=[N+]([O-])/C=C/CCn1cnnn1. The van der Waals surface area contributed by atoms with Gasteiger partial charge in [0.25, 0.3) is 0 Å². The van der Waals surface area contributed by atoms with Gasteiger partial charge in [-0.15, -0.1) is 5.10 Å². The molecular formula is C5H7N5O2. The summed E-state index contributed by atoms with van der Waals surface area (Å²) in [5.74, 6) is 0. The van der Waals surface area contributed by atoms with Crippen LogP contribution in [-0.4, -0.2) is 25.1 Å². The van der Waals surface area contributed by atoms with Crippen LogP contribution in [0.3, 0.4) is 0 Å². The van der Waals surface area contributed by atoms with E-state index >= 15 is 0 Å². The lowest BCUT2D eigenvalue weighted by Gasteiger charge is -1.90. The number of hydrogen-bond donors (Lipinski definition) is 0. The largest absolute Gasteiger partial charge is 0.259 e. The standard InChI is InChI=1S/C5H7N5O2/c11-10(12)4-2-1-3-9-5-6-7-8-9/h2,4-5H,1,3H2/b4-2+. The highest BCUT2D eigenvalue weighted by Crippen LogP contribution is 1.87. The molecule has 0 amide bonds. The second-order valence-corrected chi connectivity index (χ2v) is 2.03. The number of hydrogen-bond acceptors (Lipinski definition) is 5. The normalized spacial score (nSPS) is 10.7. The Balaban J connectivity index is 2.23. The van der Waals surface area contributed by atoms with Crippen molar-refractivity contribution in [3.63, 3.8) is 0 Å². The molecule has 0 fully saturated rings. The molecule has 7 heteroatoms. The van der Waals surface area contributed by atoms with E-state index in [1.54, 1.807) is 0 Å². The van der Waals surface area contributed by atoms with Crippen molar-refractivity contribution in [2.45, 2.75) is 13.0 Å². The van der Waals surface area contributed by atoms with Gasteiger partial charge in [0, 0.05) is 6.54 Å². The van der Waals surface area contributed by atoms with Gasteiger partial charge in [0.05, 0.1) is 4.92 Å². The van der Waals surface area contributed by atoms with E-state index in [0.29, 0.717) is 13.0 Å². The van der Waals surface area contributed by atoms with Gasteiger partial charge < -0.3 is 0 Å². The van der Waals surface area contributed by atoms with Gasteiger partial charge in [0.2, 0.25) is 6.20 Å². The van der Waals surface area contributed by atoms with Crippen molar-refractivity contribution in [1.29, 1.82) is 0 Å². The first kappa shape index (κ1) is 8.31. The van der Waals surface area contributed by atoms with Gasteiger partial charge in [-0.25, -0.2) is 4.68 Å². The van der Waals surface area contributed by atoms with Crippen molar-refractivity contribution in [1.82, 2.24) is 20.2 Å². The van der Waals surface area contributed by atoms with Gasteiger partial charge in [-0.3, -0.25) is 10.1 Å². The first-order valence-corrected chi connectivity index (χ1v) is 3.30. The van der Waals surface area contributed by atoms with E-state index in [-0.39, 0.29) is 0 Å². The number of allylic oxidation sites excluding steroid dienone is 1. The van der Waals surface area contributed by atoms with Crippen LogP contribution in [0.4, 0.5) is 0 Å². The second kappa shape index (κ2) is 4.16. The van der Waals surface area contributed by atoms with Crippen LogP contribution in [0.2, 0.25) is 0 Å². The van der Waals surface area contributed by atoms with Gasteiger partial charge in [-0.05, 0) is 22.9 Å². The maximum atomic E-state index is 9.83. The van der Waals surface area contributed by atoms with Crippen LogP contribution in [-0.2, 0) is 6.54 Å². The molecule has 0 unspecified atom stereocenters. The van der Waals surface area contributed by atoms with Gasteiger partial charge >= 0.3 is 0 Å². The molecule has 0 radical (unpaired) electrons. The summed E-state index contributed by atoms with van der Waals surface area (Å²) in [6.07, 6.45) is 4.37. The average molecular weight is 169 g/mol. The van der Waals surface area contributed by atoms with Gasteiger partial charge in [0.1, 0.15) is 6.33 Å². The Morgan fingerprint density at radius 2 is 2.50 bits per heavy atom. The second-order valence-electron chi connectivity index (χ2n) is 2.03. The molecule has 0 aliphatic rings. The lowest BCUT2D eigenvalue weighted by Crippen LogP contribution is -1.97. The zero-order valence-electron chi connectivity index (χ0n) is 6.20. The number of aryl methyl sites for hydroxylation is 1. The smallest absolute Gasteiger partial charge is 0.230 e. The zero-order valence-corrected chi connectivity index (χ0v) is 6.20. The highest BCUT2D eigenvalue weighted by molar-refractivity contribution is 4.71. The maximum absolute atomic E-state index is 9.83. The molecule has 0 bridgehead atoms. The fourth-order valence-electron chi connectivity index (χ4n) is 0.650. The van der Waals surface area contributed by atoms with E-state index in [1.807, 2.05) is 0 Å². The van der Waals surface area contributed by atoms with Crippen molar-refractivity contribution in [3.8, 4) is 0 Å². The monoisotopic (exact) mass is 169 g/mol. The first-order valence-electron chi connectivity index (χ1n) is 3.30. The molecule has 12 heavy (non-hydrogen) atoms. The van der Waals surface area contributed by atoms with Crippen LogP contribution < -0.4 is 0 Å². The predicted octanol–water partition coefficient (Wildman–Crippen LogP) is -0.146. The molecule has 0 spiro atoms. The van der Waals surface area contributed by atoms with E-state index in [1.165, 1.54) is 17.1 Å². The number of rotatable bonds is 4. The van der Waals surface area contributed by atoms with Crippen LogP contribution in [0.15, 0.2) is 18.6 Å². The van der Waals surface area contributed by atoms with Gasteiger partial charge in [-0.2, -0.15) is 0 Å². The fourth-order valence-corrected chi connectivity index (χ4v) is 0.650. The quantitative estimate of drug-likeness (QED) is 0.462. The molecule has 0 N–H and O–H groups in total. The minimum absolute atomic E-state index is 0.500. The average Bonchev–Trinajstić information content (AvgIpc) is 2.49. The number of aromatic nitrogens is 4. The van der Waals surface area contributed by atoms with Crippen molar-refractivity contribution in [3.05, 3.63) is 28.7 Å². The molecule has 1 heterocycles. The molecule has 64 valence electrons. The predicted molar refractivity (Wildman–Crippen MR) is 38.6 cm³/mol. The number of nitrogens with zero attached hydrogens (tertiary/aromatic N) is 5. The Labute approximate surface area is 67.8 Å². The summed E-state index contributed by atoms with van der Waals surface area (Å²) >= 11 is 0. The summed E-state index contributed by atoms with van der Waals surface area (Å²) < 4.78 is 1.50.